The predicted molar refractivity (Wildman–Crippen MR) is 128 cm³/mol. The lowest BCUT2D eigenvalue weighted by Gasteiger charge is -2.35. The Kier molecular flexibility index (Phi) is 8.61. The van der Waals surface area contributed by atoms with E-state index in [4.69, 9.17) is 9.47 Å². The fraction of sp³-hybridized carbons (Fsp3) is 0.519. The maximum absolute atomic E-state index is 12.1. The molecule has 0 aromatic heterocycles. The molecule has 6 nitrogen and oxygen atoms in total. The summed E-state index contributed by atoms with van der Waals surface area (Å²) in [5.74, 6) is 2.75. The van der Waals surface area contributed by atoms with E-state index in [2.05, 4.69) is 10.6 Å². The van der Waals surface area contributed by atoms with Crippen molar-refractivity contribution in [3.8, 4) is 11.5 Å². The van der Waals surface area contributed by atoms with E-state index < -0.39 is 6.41 Å². The summed E-state index contributed by atoms with van der Waals surface area (Å²) in [4.78, 5) is 12.1. The number of amides is 1. The van der Waals surface area contributed by atoms with Gasteiger partial charge in [0.1, 0.15) is 11.5 Å². The first-order valence-electron chi connectivity index (χ1n) is 12.3. The molecule has 0 heterocycles. The molecule has 2 saturated carbocycles. The van der Waals surface area contributed by atoms with Crippen LogP contribution in [0.2, 0.25) is 0 Å². The van der Waals surface area contributed by atoms with Gasteiger partial charge in [-0.15, -0.1) is 0 Å². The van der Waals surface area contributed by atoms with Crippen LogP contribution >= 0.6 is 0 Å². The molecule has 0 spiro atoms. The van der Waals surface area contributed by atoms with E-state index >= 15 is 0 Å². The molecule has 4 rings (SSSR count). The molecule has 3 N–H and O–H groups in total. The second-order valence-corrected chi connectivity index (χ2v) is 9.47. The Morgan fingerprint density at radius 1 is 0.788 bits per heavy atom. The van der Waals surface area contributed by atoms with Gasteiger partial charge in [-0.2, -0.15) is 0 Å². The van der Waals surface area contributed by atoms with E-state index in [0.29, 0.717) is 17.5 Å². The molecule has 0 saturated heterocycles. The van der Waals surface area contributed by atoms with Crippen LogP contribution in [0, 0.1) is 11.8 Å². The highest BCUT2D eigenvalue weighted by Crippen LogP contribution is 2.35. The van der Waals surface area contributed by atoms with Crippen molar-refractivity contribution in [2.24, 2.45) is 11.8 Å². The third kappa shape index (κ3) is 7.76. The lowest BCUT2D eigenvalue weighted by atomic mass is 9.76. The van der Waals surface area contributed by atoms with Crippen molar-refractivity contribution in [1.82, 2.24) is 10.6 Å². The van der Waals surface area contributed by atoms with Crippen molar-refractivity contribution >= 4 is 6.09 Å². The Labute approximate surface area is 196 Å². The zero-order valence-electron chi connectivity index (χ0n) is 19.2. The van der Waals surface area contributed by atoms with Gasteiger partial charge in [0.15, 0.2) is 0 Å². The number of hydrogen-bond donors (Lipinski definition) is 3. The van der Waals surface area contributed by atoms with Gasteiger partial charge in [-0.05, 0) is 93.9 Å². The molecular formula is C27H36N2O4. The standard InChI is InChI=1S/C27H36N2O4/c30-26(32-24-7-3-1-4-8-24)28-22-15-11-20(12-16-22)19-21-13-17-23(18-14-21)29-27(31)33-25-9-5-2-6-10-25/h1-10,20-23,26,28,30H,11-19H2,(H,29,31). The topological polar surface area (TPSA) is 79.8 Å². The maximum atomic E-state index is 12.1. The minimum absolute atomic E-state index is 0.212. The highest BCUT2D eigenvalue weighted by Gasteiger charge is 2.28. The van der Waals surface area contributed by atoms with Gasteiger partial charge in [-0.1, -0.05) is 36.4 Å². The zero-order chi connectivity index (χ0) is 22.9. The van der Waals surface area contributed by atoms with Crippen molar-refractivity contribution in [3.63, 3.8) is 0 Å². The average molecular weight is 453 g/mol. The second-order valence-electron chi connectivity index (χ2n) is 9.47. The number of nitrogens with one attached hydrogen (secondary N) is 2. The van der Waals surface area contributed by atoms with Crippen LogP contribution in [0.15, 0.2) is 60.7 Å². The van der Waals surface area contributed by atoms with E-state index in [0.717, 1.165) is 50.4 Å². The number of carbonyl (C=O) groups is 1. The summed E-state index contributed by atoms with van der Waals surface area (Å²) in [6.45, 7) is 0. The molecule has 1 unspecified atom stereocenters. The van der Waals surface area contributed by atoms with Crippen LogP contribution in [0.25, 0.3) is 0 Å². The van der Waals surface area contributed by atoms with Crippen molar-refractivity contribution in [2.75, 3.05) is 0 Å². The van der Waals surface area contributed by atoms with Crippen LogP contribution in [-0.4, -0.2) is 29.7 Å². The fourth-order valence-electron chi connectivity index (χ4n) is 5.23. The smallest absolute Gasteiger partial charge is 0.412 e. The number of para-hydroxylation sites is 2. The molecule has 2 aromatic carbocycles. The largest absolute Gasteiger partial charge is 0.451 e. The van der Waals surface area contributed by atoms with E-state index in [-0.39, 0.29) is 12.1 Å². The molecule has 1 atom stereocenters. The highest BCUT2D eigenvalue weighted by molar-refractivity contribution is 5.70. The average Bonchev–Trinajstić information content (AvgIpc) is 2.83. The first-order chi connectivity index (χ1) is 16.1. The molecule has 2 aliphatic carbocycles. The number of benzene rings is 2. The van der Waals surface area contributed by atoms with E-state index in [9.17, 15) is 9.90 Å². The summed E-state index contributed by atoms with van der Waals surface area (Å²) in [6, 6.07) is 19.1. The van der Waals surface area contributed by atoms with E-state index in [1.165, 1.54) is 19.3 Å². The fourth-order valence-corrected chi connectivity index (χ4v) is 5.23. The minimum atomic E-state index is -0.967. The van der Waals surface area contributed by atoms with Gasteiger partial charge in [0.25, 0.3) is 6.41 Å². The molecule has 178 valence electrons. The molecule has 2 fully saturated rings. The van der Waals surface area contributed by atoms with Crippen molar-refractivity contribution in [2.45, 2.75) is 76.3 Å². The molecule has 1 amide bonds. The summed E-state index contributed by atoms with van der Waals surface area (Å²) in [5.41, 5.74) is 0. The lowest BCUT2D eigenvalue weighted by molar-refractivity contribution is -0.0560. The van der Waals surface area contributed by atoms with Gasteiger partial charge in [-0.25, -0.2) is 4.79 Å². The van der Waals surface area contributed by atoms with Crippen LogP contribution in [0.5, 0.6) is 11.5 Å². The van der Waals surface area contributed by atoms with Crippen LogP contribution in [0.4, 0.5) is 4.79 Å². The van der Waals surface area contributed by atoms with Crippen LogP contribution < -0.4 is 20.1 Å². The highest BCUT2D eigenvalue weighted by atomic mass is 16.6. The van der Waals surface area contributed by atoms with Gasteiger partial charge in [0, 0.05) is 12.1 Å². The number of carbonyl (C=O) groups excluding carboxylic acids is 1. The summed E-state index contributed by atoms with van der Waals surface area (Å²) in [6.07, 6.45) is 8.86. The lowest BCUT2D eigenvalue weighted by Crippen LogP contribution is -2.43. The molecule has 0 bridgehead atoms. The molecule has 2 aliphatic rings. The van der Waals surface area contributed by atoms with Crippen LogP contribution in [-0.2, 0) is 0 Å². The Bertz CT molecular complexity index is 832. The first-order valence-corrected chi connectivity index (χ1v) is 12.3. The van der Waals surface area contributed by atoms with Gasteiger partial charge in [0.2, 0.25) is 0 Å². The van der Waals surface area contributed by atoms with Gasteiger partial charge in [0.05, 0.1) is 0 Å². The first kappa shape index (κ1) is 23.6. The van der Waals surface area contributed by atoms with Gasteiger partial charge in [-0.3, -0.25) is 5.32 Å². The number of aliphatic hydroxyl groups excluding tert-OH is 1. The van der Waals surface area contributed by atoms with Gasteiger partial charge >= 0.3 is 6.09 Å². The van der Waals surface area contributed by atoms with Crippen LogP contribution in [0.1, 0.15) is 57.8 Å². The molecule has 6 heteroatoms. The second kappa shape index (κ2) is 12.1. The maximum Gasteiger partial charge on any atom is 0.412 e. The predicted octanol–water partition coefficient (Wildman–Crippen LogP) is 5.23. The quantitative estimate of drug-likeness (QED) is 0.478. The molecule has 2 aromatic rings. The monoisotopic (exact) mass is 452 g/mol. The van der Waals surface area contributed by atoms with Crippen molar-refractivity contribution < 1.29 is 19.4 Å². The summed E-state index contributed by atoms with van der Waals surface area (Å²) in [5, 5.41) is 16.4. The normalized spacial score (nSPS) is 26.2. The van der Waals surface area contributed by atoms with Crippen molar-refractivity contribution in [3.05, 3.63) is 60.7 Å². The molecule has 0 aliphatic heterocycles. The Morgan fingerprint density at radius 3 is 1.88 bits per heavy atom. The Morgan fingerprint density at radius 2 is 1.30 bits per heavy atom. The number of rotatable bonds is 8. The SMILES string of the molecule is O=C(NC1CCC(CC2CCC(NC(O)Oc3ccccc3)CC2)CC1)Oc1ccccc1. The van der Waals surface area contributed by atoms with Crippen LogP contribution in [0.3, 0.4) is 0 Å². The Balaban J connectivity index is 1.10. The zero-order valence-corrected chi connectivity index (χ0v) is 19.2. The van der Waals surface area contributed by atoms with E-state index in [1.54, 1.807) is 12.1 Å². The van der Waals surface area contributed by atoms with Crippen molar-refractivity contribution in [1.29, 1.82) is 0 Å². The molecule has 0 radical (unpaired) electrons. The minimum Gasteiger partial charge on any atom is -0.451 e. The number of aliphatic hydroxyl groups is 1. The molecule has 33 heavy (non-hydrogen) atoms. The van der Waals surface area contributed by atoms with E-state index in [1.807, 2.05) is 48.5 Å². The third-order valence-electron chi connectivity index (χ3n) is 7.01. The summed E-state index contributed by atoms with van der Waals surface area (Å²) >= 11 is 0. The van der Waals surface area contributed by atoms with Gasteiger partial charge < -0.3 is 19.9 Å². The molecular weight excluding hydrogens is 416 g/mol. The number of ether oxygens (including phenoxy) is 2. The summed E-state index contributed by atoms with van der Waals surface area (Å²) in [7, 11) is 0. The summed E-state index contributed by atoms with van der Waals surface area (Å²) < 4.78 is 10.9. The third-order valence-corrected chi connectivity index (χ3v) is 7.01. The number of hydrogen-bond acceptors (Lipinski definition) is 5. The Hall–Kier alpha value is -2.57.